The van der Waals surface area contributed by atoms with Crippen molar-refractivity contribution >= 4 is 33.4 Å². The van der Waals surface area contributed by atoms with Gasteiger partial charge in [0.2, 0.25) is 0 Å². The molecule has 3 radical (unpaired) electrons. The van der Waals surface area contributed by atoms with Gasteiger partial charge < -0.3 is 0 Å². The van der Waals surface area contributed by atoms with Gasteiger partial charge in [-0.05, 0) is 45.5 Å². The number of benzene rings is 3. The molecule has 0 fully saturated rings. The topological polar surface area (TPSA) is 0 Å². The van der Waals surface area contributed by atoms with Crippen molar-refractivity contribution in [3.05, 3.63) is 104 Å². The first-order chi connectivity index (χ1) is 11.1. The van der Waals surface area contributed by atoms with Crippen LogP contribution < -0.4 is 0 Å². The second-order valence-electron chi connectivity index (χ2n) is 6.18. The summed E-state index contributed by atoms with van der Waals surface area (Å²) in [5, 5.41) is 1.09. The normalized spacial score (nSPS) is 23.2. The van der Waals surface area contributed by atoms with Gasteiger partial charge in [0, 0.05) is 21.0 Å². The molecule has 23 heavy (non-hydrogen) atoms. The summed E-state index contributed by atoms with van der Waals surface area (Å²) in [5.41, 5.74) is 7.35. The molecule has 2 bridgehead atoms. The molecule has 3 aromatic rings. The summed E-state index contributed by atoms with van der Waals surface area (Å²) in [7, 11) is 4.14. The van der Waals surface area contributed by atoms with Gasteiger partial charge in [-0.1, -0.05) is 71.7 Å². The molecule has 6 rings (SSSR count). The number of halogens is 2. The Labute approximate surface area is 148 Å². The Morgan fingerprint density at radius 1 is 0.739 bits per heavy atom. The van der Waals surface area contributed by atoms with Crippen LogP contribution in [0.15, 0.2) is 60.7 Å². The van der Waals surface area contributed by atoms with E-state index in [0.717, 1.165) is 21.2 Å². The summed E-state index contributed by atoms with van der Waals surface area (Å²) < 4.78 is 0. The molecule has 0 unspecified atom stereocenters. The molecule has 3 heteroatoms. The van der Waals surface area contributed by atoms with E-state index in [1.54, 1.807) is 0 Å². The highest BCUT2D eigenvalue weighted by Gasteiger charge is 2.50. The smallest absolute Gasteiger partial charge is 0.0511 e. The Morgan fingerprint density at radius 2 is 1.26 bits per heavy atom. The third-order valence-electron chi connectivity index (χ3n) is 5.16. The van der Waals surface area contributed by atoms with E-state index < -0.39 is 5.04 Å². The quantitative estimate of drug-likeness (QED) is 0.485. The highest BCUT2D eigenvalue weighted by Crippen LogP contribution is 2.60. The van der Waals surface area contributed by atoms with Gasteiger partial charge in [-0.3, -0.25) is 0 Å². The maximum Gasteiger partial charge on any atom is 0.0511 e. The first-order valence-corrected chi connectivity index (χ1v) is 8.82. The second-order valence-corrected chi connectivity index (χ2v) is 7.74. The summed E-state index contributed by atoms with van der Waals surface area (Å²) in [6.07, 6.45) is 0. The first kappa shape index (κ1) is 13.9. The molecule has 0 nitrogen and oxygen atoms in total. The molecule has 0 amide bonds. The van der Waals surface area contributed by atoms with Crippen molar-refractivity contribution < 1.29 is 0 Å². The van der Waals surface area contributed by atoms with E-state index >= 15 is 0 Å². The third-order valence-corrected chi connectivity index (χ3v) is 6.59. The Hall–Kier alpha value is -1.54. The van der Waals surface area contributed by atoms with Gasteiger partial charge >= 0.3 is 0 Å². The number of rotatable bonds is 0. The Balaban J connectivity index is 2.02. The zero-order chi connectivity index (χ0) is 15.8. The molecule has 0 aromatic heterocycles. The fraction of sp³-hybridized carbons (Fsp3) is 0.100. The lowest BCUT2D eigenvalue weighted by Crippen LogP contribution is -2.43. The molecule has 3 aliphatic carbocycles. The van der Waals surface area contributed by atoms with Crippen molar-refractivity contribution in [2.45, 2.75) is 11.0 Å². The van der Waals surface area contributed by atoms with Crippen LogP contribution in [-0.4, -0.2) is 10.2 Å². The standard InChI is InChI=1S/C20H11Cl2Si/c21-15-9-10-16(22)19-18(15)17-11-5-1-3-7-13(11)20(19,23)14-8-4-2-6-12(14)17/h1-10,17H. The van der Waals surface area contributed by atoms with Gasteiger partial charge in [-0.25, -0.2) is 0 Å². The molecule has 3 aliphatic rings. The maximum atomic E-state index is 6.64. The van der Waals surface area contributed by atoms with Gasteiger partial charge in [-0.2, -0.15) is 0 Å². The SMILES string of the molecule is [Si]C12c3ccccc3C(c3ccccc31)c1c(Cl)ccc(Cl)c12. The van der Waals surface area contributed by atoms with Crippen LogP contribution in [0.4, 0.5) is 0 Å². The van der Waals surface area contributed by atoms with Crippen molar-refractivity contribution in [2.75, 3.05) is 0 Å². The fourth-order valence-electron chi connectivity index (χ4n) is 4.30. The first-order valence-electron chi connectivity index (χ1n) is 7.56. The van der Waals surface area contributed by atoms with E-state index in [9.17, 15) is 0 Å². The Bertz CT molecular complexity index is 930. The lowest BCUT2D eigenvalue weighted by molar-refractivity contribution is 0.704. The molecule has 0 saturated heterocycles. The van der Waals surface area contributed by atoms with E-state index in [4.69, 9.17) is 23.2 Å². The summed E-state index contributed by atoms with van der Waals surface area (Å²) in [4.78, 5) is 0. The highest BCUT2D eigenvalue weighted by atomic mass is 35.5. The van der Waals surface area contributed by atoms with Crippen LogP contribution in [-0.2, 0) is 5.04 Å². The Kier molecular flexibility index (Phi) is 2.71. The van der Waals surface area contributed by atoms with Crippen LogP contribution in [0.25, 0.3) is 0 Å². The third kappa shape index (κ3) is 1.53. The van der Waals surface area contributed by atoms with E-state index in [1.165, 1.54) is 22.3 Å². The summed E-state index contributed by atoms with van der Waals surface area (Å²) in [6.45, 7) is 0. The molecule has 109 valence electrons. The summed E-state index contributed by atoms with van der Waals surface area (Å²) in [6, 6.07) is 20.9. The van der Waals surface area contributed by atoms with E-state index in [2.05, 4.69) is 58.8 Å². The van der Waals surface area contributed by atoms with Gasteiger partial charge in [-0.15, -0.1) is 0 Å². The van der Waals surface area contributed by atoms with E-state index in [1.807, 2.05) is 12.1 Å². The molecule has 0 N–H and O–H groups in total. The minimum atomic E-state index is -0.445. The van der Waals surface area contributed by atoms with Crippen LogP contribution >= 0.6 is 23.2 Å². The minimum absolute atomic E-state index is 0.141. The van der Waals surface area contributed by atoms with Crippen LogP contribution in [0, 0.1) is 0 Å². The molecular formula is C20H11Cl2Si. The zero-order valence-electron chi connectivity index (χ0n) is 12.1. The van der Waals surface area contributed by atoms with Crippen molar-refractivity contribution in [3.63, 3.8) is 0 Å². The molecule has 0 spiro atoms. The predicted molar refractivity (Wildman–Crippen MR) is 95.9 cm³/mol. The highest BCUT2D eigenvalue weighted by molar-refractivity contribution is 6.36. The Morgan fingerprint density at radius 3 is 1.87 bits per heavy atom. The summed E-state index contributed by atoms with van der Waals surface area (Å²) in [5.74, 6) is 0.141. The van der Waals surface area contributed by atoms with Crippen LogP contribution in [0.2, 0.25) is 10.0 Å². The van der Waals surface area contributed by atoms with E-state index in [0.29, 0.717) is 0 Å². The molecule has 0 atom stereocenters. The van der Waals surface area contributed by atoms with E-state index in [-0.39, 0.29) is 5.92 Å². The second kappa shape index (κ2) is 4.51. The molecular weight excluding hydrogens is 339 g/mol. The minimum Gasteiger partial charge on any atom is -0.0840 e. The van der Waals surface area contributed by atoms with Crippen LogP contribution in [0.3, 0.4) is 0 Å². The van der Waals surface area contributed by atoms with Crippen molar-refractivity contribution in [2.24, 2.45) is 0 Å². The van der Waals surface area contributed by atoms with Gasteiger partial charge in [0.05, 0.1) is 10.2 Å². The predicted octanol–water partition coefficient (Wildman–Crippen LogP) is 5.26. The molecule has 0 aliphatic heterocycles. The molecule has 0 heterocycles. The van der Waals surface area contributed by atoms with Gasteiger partial charge in [0.1, 0.15) is 0 Å². The zero-order valence-corrected chi connectivity index (χ0v) is 14.6. The monoisotopic (exact) mass is 349 g/mol. The lowest BCUT2D eigenvalue weighted by atomic mass is 9.60. The van der Waals surface area contributed by atoms with Crippen LogP contribution in [0.1, 0.15) is 39.3 Å². The average Bonchev–Trinajstić information content (AvgIpc) is 2.58. The van der Waals surface area contributed by atoms with Gasteiger partial charge in [0.15, 0.2) is 0 Å². The number of hydrogen-bond acceptors (Lipinski definition) is 0. The van der Waals surface area contributed by atoms with Crippen LogP contribution in [0.5, 0.6) is 0 Å². The van der Waals surface area contributed by atoms with Crippen molar-refractivity contribution in [1.82, 2.24) is 0 Å². The van der Waals surface area contributed by atoms with Crippen molar-refractivity contribution in [1.29, 1.82) is 0 Å². The molecule has 0 saturated carbocycles. The average molecular weight is 350 g/mol. The van der Waals surface area contributed by atoms with Crippen molar-refractivity contribution in [3.8, 4) is 0 Å². The largest absolute Gasteiger partial charge is 0.0840 e. The number of hydrogen-bond donors (Lipinski definition) is 0. The summed E-state index contributed by atoms with van der Waals surface area (Å²) >= 11 is 13.3. The maximum absolute atomic E-state index is 6.64. The fourth-order valence-corrected chi connectivity index (χ4v) is 5.68. The molecule has 3 aromatic carbocycles. The van der Waals surface area contributed by atoms with Gasteiger partial charge in [0.25, 0.3) is 0 Å². The lowest BCUT2D eigenvalue weighted by Gasteiger charge is -2.49.